The van der Waals surface area contributed by atoms with Crippen LogP contribution in [0.1, 0.15) is 52.4 Å². The Bertz CT molecular complexity index is 141. The van der Waals surface area contributed by atoms with E-state index in [0.717, 1.165) is 12.3 Å². The quantitative estimate of drug-likeness (QED) is 0.655. The van der Waals surface area contributed by atoms with Crippen molar-refractivity contribution in [2.24, 2.45) is 11.7 Å². The van der Waals surface area contributed by atoms with E-state index in [1.54, 1.807) is 0 Å². The smallest absolute Gasteiger partial charge is 0.130 e. The summed E-state index contributed by atoms with van der Waals surface area (Å²) in [4.78, 5) is 0. The van der Waals surface area contributed by atoms with Gasteiger partial charge >= 0.3 is 0 Å². The minimum atomic E-state index is -0.276. The third kappa shape index (κ3) is 5.50. The van der Waals surface area contributed by atoms with Gasteiger partial charge in [0.05, 0.1) is 13.2 Å². The van der Waals surface area contributed by atoms with Gasteiger partial charge in [0.15, 0.2) is 0 Å². The lowest BCUT2D eigenvalue weighted by Gasteiger charge is -2.29. The Morgan fingerprint density at radius 3 is 2.20 bits per heavy atom. The first kappa shape index (κ1) is 14.9. The molecule has 1 atom stereocenters. The molecule has 92 valence electrons. The Hall–Kier alpha value is -0.120. The number of hydrogen-bond acceptors (Lipinski definition) is 2. The van der Waals surface area contributed by atoms with E-state index in [2.05, 4.69) is 5.73 Å². The van der Waals surface area contributed by atoms with Gasteiger partial charge in [0, 0.05) is 6.42 Å². The molecule has 0 aromatic rings. The highest BCUT2D eigenvalue weighted by Crippen LogP contribution is 2.28. The molecule has 0 bridgehead atoms. The highest BCUT2D eigenvalue weighted by molar-refractivity contribution is 4.81. The third-order valence-electron chi connectivity index (χ3n) is 3.21. The van der Waals surface area contributed by atoms with E-state index in [-0.39, 0.29) is 12.1 Å². The van der Waals surface area contributed by atoms with Crippen molar-refractivity contribution in [1.82, 2.24) is 0 Å². The Labute approximate surface area is 94.2 Å². The van der Waals surface area contributed by atoms with Crippen molar-refractivity contribution in [3.05, 3.63) is 0 Å². The second kappa shape index (κ2) is 8.08. The number of aliphatic hydroxyl groups is 1. The normalized spacial score (nSPS) is 21.4. The maximum absolute atomic E-state index is 9.17. The maximum Gasteiger partial charge on any atom is 0.130 e. The molecule has 3 heteroatoms. The van der Waals surface area contributed by atoms with Crippen LogP contribution < -0.4 is 11.5 Å². The Kier molecular flexibility index (Phi) is 8.02. The lowest BCUT2D eigenvalue weighted by atomic mass is 9.80. The molecule has 1 saturated carbocycles. The maximum atomic E-state index is 9.17. The lowest BCUT2D eigenvalue weighted by Crippen LogP contribution is -2.78. The van der Waals surface area contributed by atoms with Gasteiger partial charge in [0.1, 0.15) is 5.54 Å². The summed E-state index contributed by atoms with van der Waals surface area (Å²) in [6.07, 6.45) is 7.67. The molecule has 0 saturated heterocycles. The summed E-state index contributed by atoms with van der Waals surface area (Å²) in [6, 6.07) is 0. The molecule has 0 aliphatic heterocycles. The SMILES string of the molecule is CC.NCC([NH3+])(CO)CC1CCCCC1. The van der Waals surface area contributed by atoms with Gasteiger partial charge in [0.25, 0.3) is 0 Å². The van der Waals surface area contributed by atoms with Crippen molar-refractivity contribution in [2.75, 3.05) is 13.2 Å². The zero-order valence-electron chi connectivity index (χ0n) is 10.5. The minimum Gasteiger partial charge on any atom is -0.390 e. The predicted octanol–water partition coefficient (Wildman–Crippen LogP) is 0.915. The molecule has 0 aromatic heterocycles. The van der Waals surface area contributed by atoms with Gasteiger partial charge in [0.2, 0.25) is 0 Å². The lowest BCUT2D eigenvalue weighted by molar-refractivity contribution is -0.483. The first-order valence-electron chi connectivity index (χ1n) is 6.36. The van der Waals surface area contributed by atoms with Crippen LogP contribution in [0.5, 0.6) is 0 Å². The van der Waals surface area contributed by atoms with Crippen LogP contribution in [0, 0.1) is 5.92 Å². The van der Waals surface area contributed by atoms with E-state index in [9.17, 15) is 5.11 Å². The zero-order valence-corrected chi connectivity index (χ0v) is 10.5. The molecule has 1 aliphatic carbocycles. The molecule has 1 fully saturated rings. The van der Waals surface area contributed by atoms with Crippen LogP contribution in [0.3, 0.4) is 0 Å². The Morgan fingerprint density at radius 2 is 1.80 bits per heavy atom. The molecule has 3 nitrogen and oxygen atoms in total. The fourth-order valence-corrected chi connectivity index (χ4v) is 2.22. The standard InChI is InChI=1S/C10H22N2O.C2H6/c11-7-10(12,8-13)6-9-4-2-1-3-5-9;1-2/h9,13H,1-8,11-12H2;1-2H3/p+1. The number of hydrogen-bond donors (Lipinski definition) is 3. The predicted molar refractivity (Wildman–Crippen MR) is 64.3 cm³/mol. The molecule has 1 rings (SSSR count). The van der Waals surface area contributed by atoms with E-state index in [0.29, 0.717) is 6.54 Å². The van der Waals surface area contributed by atoms with Crippen LogP contribution in [0.15, 0.2) is 0 Å². The Balaban J connectivity index is 0.000000921. The second-order valence-electron chi connectivity index (χ2n) is 4.57. The van der Waals surface area contributed by atoms with Crippen LogP contribution in [0.2, 0.25) is 0 Å². The number of nitrogens with two attached hydrogens (primary N) is 1. The summed E-state index contributed by atoms with van der Waals surface area (Å²) >= 11 is 0. The average molecular weight is 217 g/mol. The highest BCUT2D eigenvalue weighted by atomic mass is 16.3. The molecular weight excluding hydrogens is 188 g/mol. The molecule has 0 heterocycles. The summed E-state index contributed by atoms with van der Waals surface area (Å²) in [5, 5.41) is 9.17. The van der Waals surface area contributed by atoms with Gasteiger partial charge in [-0.15, -0.1) is 0 Å². The zero-order chi connectivity index (χ0) is 11.7. The van der Waals surface area contributed by atoms with E-state index in [1.807, 2.05) is 13.8 Å². The molecule has 0 amide bonds. The topological polar surface area (TPSA) is 73.9 Å². The number of quaternary nitrogens is 1. The fourth-order valence-electron chi connectivity index (χ4n) is 2.22. The first-order chi connectivity index (χ1) is 7.20. The van der Waals surface area contributed by atoms with E-state index in [1.165, 1.54) is 32.1 Å². The first-order valence-corrected chi connectivity index (χ1v) is 6.36. The fraction of sp³-hybridized carbons (Fsp3) is 1.00. The van der Waals surface area contributed by atoms with Gasteiger partial charge in [-0.05, 0) is 5.92 Å². The molecule has 15 heavy (non-hydrogen) atoms. The summed E-state index contributed by atoms with van der Waals surface area (Å²) in [5.41, 5.74) is 9.36. The summed E-state index contributed by atoms with van der Waals surface area (Å²) in [7, 11) is 0. The molecule has 0 spiro atoms. The summed E-state index contributed by atoms with van der Waals surface area (Å²) in [5.74, 6) is 0.752. The number of rotatable bonds is 4. The largest absolute Gasteiger partial charge is 0.390 e. The van der Waals surface area contributed by atoms with Crippen molar-refractivity contribution >= 4 is 0 Å². The monoisotopic (exact) mass is 217 g/mol. The summed E-state index contributed by atoms with van der Waals surface area (Å²) < 4.78 is 0. The van der Waals surface area contributed by atoms with Gasteiger partial charge in [-0.1, -0.05) is 46.0 Å². The molecule has 6 N–H and O–H groups in total. The summed E-state index contributed by atoms with van der Waals surface area (Å²) in [6.45, 7) is 4.62. The molecule has 0 aromatic carbocycles. The van der Waals surface area contributed by atoms with Gasteiger partial charge in [-0.3, -0.25) is 0 Å². The van der Waals surface area contributed by atoms with Crippen molar-refractivity contribution < 1.29 is 10.8 Å². The van der Waals surface area contributed by atoms with Gasteiger partial charge < -0.3 is 16.6 Å². The van der Waals surface area contributed by atoms with Crippen LogP contribution in [0.25, 0.3) is 0 Å². The molecule has 1 aliphatic rings. The van der Waals surface area contributed by atoms with Crippen molar-refractivity contribution in [3.8, 4) is 0 Å². The molecule has 0 radical (unpaired) electrons. The minimum absolute atomic E-state index is 0.125. The van der Waals surface area contributed by atoms with Crippen LogP contribution in [-0.2, 0) is 0 Å². The van der Waals surface area contributed by atoms with E-state index >= 15 is 0 Å². The van der Waals surface area contributed by atoms with E-state index < -0.39 is 0 Å². The van der Waals surface area contributed by atoms with Gasteiger partial charge in [-0.25, -0.2) is 0 Å². The van der Waals surface area contributed by atoms with Crippen LogP contribution in [-0.4, -0.2) is 23.8 Å². The molecular formula is C12H29N2O+. The van der Waals surface area contributed by atoms with Crippen LogP contribution in [0.4, 0.5) is 0 Å². The third-order valence-corrected chi connectivity index (χ3v) is 3.21. The molecule has 1 unspecified atom stereocenters. The number of aliphatic hydroxyl groups excluding tert-OH is 1. The Morgan fingerprint density at radius 1 is 1.27 bits per heavy atom. The average Bonchev–Trinajstić information content (AvgIpc) is 2.33. The van der Waals surface area contributed by atoms with E-state index in [4.69, 9.17) is 5.73 Å². The van der Waals surface area contributed by atoms with Crippen molar-refractivity contribution in [1.29, 1.82) is 0 Å². The van der Waals surface area contributed by atoms with Crippen molar-refractivity contribution in [2.45, 2.75) is 57.9 Å². The highest BCUT2D eigenvalue weighted by Gasteiger charge is 2.30. The van der Waals surface area contributed by atoms with Crippen LogP contribution >= 0.6 is 0 Å². The second-order valence-corrected chi connectivity index (χ2v) is 4.57. The van der Waals surface area contributed by atoms with Gasteiger partial charge in [-0.2, -0.15) is 0 Å². The van der Waals surface area contributed by atoms with Crippen molar-refractivity contribution in [3.63, 3.8) is 0 Å².